The van der Waals surface area contributed by atoms with Crippen LogP contribution in [0.3, 0.4) is 0 Å². The van der Waals surface area contributed by atoms with Crippen LogP contribution < -0.4 is 5.32 Å². The van der Waals surface area contributed by atoms with Gasteiger partial charge in [-0.15, -0.1) is 11.3 Å². The molecule has 2 aromatic rings. The van der Waals surface area contributed by atoms with Crippen LogP contribution in [0, 0.1) is 29.9 Å². The lowest BCUT2D eigenvalue weighted by molar-refractivity contribution is 0.594. The van der Waals surface area contributed by atoms with Gasteiger partial charge in [0.25, 0.3) is 0 Å². The number of aryl methyl sites for hydroxylation is 1. The van der Waals surface area contributed by atoms with Gasteiger partial charge in [-0.05, 0) is 30.7 Å². The van der Waals surface area contributed by atoms with Crippen molar-refractivity contribution < 1.29 is 8.78 Å². The summed E-state index contributed by atoms with van der Waals surface area (Å²) in [6, 6.07) is 7.82. The molecule has 0 aliphatic heterocycles. The molecule has 0 saturated carbocycles. The van der Waals surface area contributed by atoms with Crippen LogP contribution >= 0.6 is 11.3 Å². The molecule has 0 radical (unpaired) electrons. The van der Waals surface area contributed by atoms with Gasteiger partial charge in [0.15, 0.2) is 0 Å². The number of nitrogens with zero attached hydrogens (tertiary/aromatic N) is 1. The summed E-state index contributed by atoms with van der Waals surface area (Å²) in [5.41, 5.74) is 0.408. The van der Waals surface area contributed by atoms with E-state index < -0.39 is 11.6 Å². The molecule has 0 saturated heterocycles. The van der Waals surface area contributed by atoms with Crippen molar-refractivity contribution in [2.24, 2.45) is 0 Å². The average Bonchev–Trinajstić information content (AvgIpc) is 2.80. The van der Waals surface area contributed by atoms with E-state index in [4.69, 9.17) is 5.26 Å². The first-order chi connectivity index (χ1) is 8.60. The summed E-state index contributed by atoms with van der Waals surface area (Å²) < 4.78 is 26.8. The Morgan fingerprint density at radius 1 is 1.28 bits per heavy atom. The van der Waals surface area contributed by atoms with Gasteiger partial charge in [0.05, 0.1) is 5.69 Å². The molecule has 2 nitrogen and oxygen atoms in total. The first-order valence-electron chi connectivity index (χ1n) is 5.28. The zero-order valence-electron chi connectivity index (χ0n) is 9.63. The summed E-state index contributed by atoms with van der Waals surface area (Å²) in [6.07, 6.45) is 0. The summed E-state index contributed by atoms with van der Waals surface area (Å²) in [7, 11) is 0. The van der Waals surface area contributed by atoms with Gasteiger partial charge in [-0.2, -0.15) is 5.26 Å². The summed E-state index contributed by atoms with van der Waals surface area (Å²) in [6.45, 7) is 1.88. The number of nitrogens with one attached hydrogen (secondary N) is 1. The number of hydrogen-bond acceptors (Lipinski definition) is 3. The molecular weight excluding hydrogens is 254 g/mol. The normalized spacial score (nSPS) is 10.1. The third-order valence-corrected chi connectivity index (χ3v) is 3.46. The van der Waals surface area contributed by atoms with E-state index >= 15 is 0 Å². The van der Waals surface area contributed by atoms with E-state index in [9.17, 15) is 8.78 Å². The van der Waals surface area contributed by atoms with Crippen LogP contribution in [0.15, 0.2) is 24.3 Å². The van der Waals surface area contributed by atoms with Crippen molar-refractivity contribution in [1.29, 1.82) is 5.26 Å². The predicted molar refractivity (Wildman–Crippen MR) is 67.5 cm³/mol. The van der Waals surface area contributed by atoms with Crippen molar-refractivity contribution in [2.45, 2.75) is 13.5 Å². The number of benzene rings is 1. The third kappa shape index (κ3) is 2.66. The Kier molecular flexibility index (Phi) is 3.58. The maximum Gasteiger partial charge on any atom is 0.146 e. The van der Waals surface area contributed by atoms with Gasteiger partial charge < -0.3 is 5.32 Å². The fraction of sp³-hybridized carbons (Fsp3) is 0.154. The first kappa shape index (κ1) is 12.5. The fourth-order valence-corrected chi connectivity index (χ4v) is 2.24. The minimum absolute atomic E-state index is 0.130. The lowest BCUT2D eigenvalue weighted by Crippen LogP contribution is -2.01. The molecule has 1 aromatic carbocycles. The molecule has 0 fully saturated rings. The summed E-state index contributed by atoms with van der Waals surface area (Å²) in [5.74, 6) is -0.922. The Morgan fingerprint density at radius 2 is 2.06 bits per heavy atom. The van der Waals surface area contributed by atoms with E-state index in [1.807, 2.05) is 6.07 Å². The molecule has 2 rings (SSSR count). The van der Waals surface area contributed by atoms with Crippen LogP contribution in [-0.2, 0) is 6.54 Å². The Bertz CT molecular complexity index is 614. The average molecular weight is 264 g/mol. The molecule has 5 heteroatoms. The Morgan fingerprint density at radius 3 is 2.72 bits per heavy atom. The molecular formula is C13H10F2N2S. The molecule has 0 atom stereocenters. The van der Waals surface area contributed by atoms with Gasteiger partial charge >= 0.3 is 0 Å². The Balaban J connectivity index is 2.11. The fourth-order valence-electron chi connectivity index (χ4n) is 1.50. The predicted octanol–water partition coefficient (Wildman–Crippen LogP) is 3.82. The molecule has 1 aromatic heterocycles. The van der Waals surface area contributed by atoms with Crippen LogP contribution in [0.1, 0.15) is 15.3 Å². The van der Waals surface area contributed by atoms with Gasteiger partial charge in [-0.1, -0.05) is 0 Å². The quantitative estimate of drug-likeness (QED) is 0.914. The van der Waals surface area contributed by atoms with Crippen molar-refractivity contribution in [2.75, 3.05) is 5.32 Å². The monoisotopic (exact) mass is 264 g/mol. The number of nitriles is 1. The minimum Gasteiger partial charge on any atom is -0.378 e. The Hall–Kier alpha value is -1.93. The molecule has 1 N–H and O–H groups in total. The number of rotatable bonds is 3. The van der Waals surface area contributed by atoms with Crippen LogP contribution in [-0.4, -0.2) is 0 Å². The second kappa shape index (κ2) is 5.15. The van der Waals surface area contributed by atoms with Crippen molar-refractivity contribution in [1.82, 2.24) is 0 Å². The van der Waals surface area contributed by atoms with E-state index in [0.717, 1.165) is 17.0 Å². The Labute approximate surface area is 107 Å². The highest BCUT2D eigenvalue weighted by molar-refractivity contribution is 7.12. The van der Waals surface area contributed by atoms with Crippen LogP contribution in [0.25, 0.3) is 0 Å². The van der Waals surface area contributed by atoms with Crippen molar-refractivity contribution in [3.63, 3.8) is 0 Å². The zero-order chi connectivity index (χ0) is 13.1. The van der Waals surface area contributed by atoms with Crippen LogP contribution in [0.5, 0.6) is 0 Å². The van der Waals surface area contributed by atoms with E-state index in [-0.39, 0.29) is 11.3 Å². The van der Waals surface area contributed by atoms with E-state index in [2.05, 4.69) is 5.32 Å². The number of halogens is 2. The zero-order valence-corrected chi connectivity index (χ0v) is 10.4. The molecule has 0 amide bonds. The molecule has 0 unspecified atom stereocenters. The second-order valence-electron chi connectivity index (χ2n) is 3.81. The van der Waals surface area contributed by atoms with Crippen LogP contribution in [0.4, 0.5) is 14.5 Å². The number of anilines is 1. The van der Waals surface area contributed by atoms with Gasteiger partial charge in [-0.3, -0.25) is 0 Å². The van der Waals surface area contributed by atoms with E-state index in [1.165, 1.54) is 18.3 Å². The highest BCUT2D eigenvalue weighted by Crippen LogP contribution is 2.21. The molecule has 92 valence electrons. The maximum atomic E-state index is 13.5. The highest BCUT2D eigenvalue weighted by Gasteiger charge is 2.07. The minimum atomic E-state index is -0.481. The summed E-state index contributed by atoms with van der Waals surface area (Å²) >= 11 is 1.33. The van der Waals surface area contributed by atoms with Crippen LogP contribution in [0.2, 0.25) is 0 Å². The highest BCUT2D eigenvalue weighted by atomic mass is 32.1. The first-order valence-corrected chi connectivity index (χ1v) is 6.10. The molecule has 0 spiro atoms. The number of thiophene rings is 1. The van der Waals surface area contributed by atoms with E-state index in [1.54, 1.807) is 12.1 Å². The largest absolute Gasteiger partial charge is 0.378 e. The molecule has 18 heavy (non-hydrogen) atoms. The maximum absolute atomic E-state index is 13.5. The summed E-state index contributed by atoms with van der Waals surface area (Å²) in [4.78, 5) is 1.49. The van der Waals surface area contributed by atoms with Gasteiger partial charge in [-0.25, -0.2) is 8.78 Å². The van der Waals surface area contributed by atoms with Crippen molar-refractivity contribution in [3.05, 3.63) is 51.2 Å². The summed E-state index contributed by atoms with van der Waals surface area (Å²) in [5, 5.41) is 11.5. The topological polar surface area (TPSA) is 35.8 Å². The van der Waals surface area contributed by atoms with Crippen molar-refractivity contribution >= 4 is 17.0 Å². The standard InChI is InChI=1S/C13H10F2N2S/c1-8-4-12(15)13(5-11(8)14)17-7-10-3-2-9(6-16)18-10/h2-5,17H,7H2,1H3. The smallest absolute Gasteiger partial charge is 0.146 e. The lowest BCUT2D eigenvalue weighted by atomic mass is 10.2. The van der Waals surface area contributed by atoms with Gasteiger partial charge in [0, 0.05) is 17.5 Å². The second-order valence-corrected chi connectivity index (χ2v) is 4.98. The molecule has 0 aliphatic rings. The molecule has 1 heterocycles. The van der Waals surface area contributed by atoms with E-state index in [0.29, 0.717) is 11.4 Å². The SMILES string of the molecule is Cc1cc(F)c(NCc2ccc(C#N)s2)cc1F. The molecule has 0 bridgehead atoms. The van der Waals surface area contributed by atoms with Crippen molar-refractivity contribution in [3.8, 4) is 6.07 Å². The van der Waals surface area contributed by atoms with Gasteiger partial charge in [0.2, 0.25) is 0 Å². The molecule has 0 aliphatic carbocycles. The van der Waals surface area contributed by atoms with Gasteiger partial charge in [0.1, 0.15) is 22.6 Å². The lowest BCUT2D eigenvalue weighted by Gasteiger charge is -2.07. The third-order valence-electron chi connectivity index (χ3n) is 2.47. The number of hydrogen-bond donors (Lipinski definition) is 1.